The van der Waals surface area contributed by atoms with Crippen LogP contribution in [-0.4, -0.2) is 44.4 Å². The lowest BCUT2D eigenvalue weighted by Gasteiger charge is -2.37. The van der Waals surface area contributed by atoms with E-state index in [1.54, 1.807) is 4.52 Å². The van der Waals surface area contributed by atoms with Crippen molar-refractivity contribution in [2.45, 2.75) is 47.1 Å². The second-order valence-electron chi connectivity index (χ2n) is 8.65. The quantitative estimate of drug-likeness (QED) is 0.475. The molecule has 0 bridgehead atoms. The highest BCUT2D eigenvalue weighted by Gasteiger charge is 2.30. The van der Waals surface area contributed by atoms with Gasteiger partial charge < -0.3 is 10.0 Å². The second-order valence-corrected chi connectivity index (χ2v) is 9.01. The van der Waals surface area contributed by atoms with Crippen molar-refractivity contribution in [2.75, 3.05) is 18.6 Å². The van der Waals surface area contributed by atoms with Crippen LogP contribution >= 0.6 is 11.6 Å². The van der Waals surface area contributed by atoms with Crippen LogP contribution in [0.4, 0.5) is 10.2 Å². The number of anilines is 1. The minimum absolute atomic E-state index is 0.0343. The molecule has 0 saturated heterocycles. The van der Waals surface area contributed by atoms with Crippen molar-refractivity contribution in [3.8, 4) is 23.0 Å². The van der Waals surface area contributed by atoms with Crippen LogP contribution in [0.5, 0.6) is 0 Å². The summed E-state index contributed by atoms with van der Waals surface area (Å²) in [6.07, 6.45) is 1.74. The van der Waals surface area contributed by atoms with Gasteiger partial charge in [-0.15, -0.1) is 0 Å². The fraction of sp³-hybridized carbons (Fsp3) is 0.435. The highest BCUT2D eigenvalue weighted by atomic mass is 35.5. The molecule has 0 unspecified atom stereocenters. The smallest absolute Gasteiger partial charge is 0.255 e. The molecule has 1 atom stereocenters. The van der Waals surface area contributed by atoms with E-state index in [1.165, 1.54) is 12.4 Å². The van der Waals surface area contributed by atoms with Gasteiger partial charge in [0, 0.05) is 30.6 Å². The van der Waals surface area contributed by atoms with Crippen LogP contribution in [-0.2, 0) is 0 Å². The van der Waals surface area contributed by atoms with Crippen LogP contribution in [0, 0.1) is 30.0 Å². The highest BCUT2D eigenvalue weighted by molar-refractivity contribution is 6.33. The first-order valence-corrected chi connectivity index (χ1v) is 10.5. The zero-order chi connectivity index (χ0) is 22.9. The Balaban J connectivity index is 2.29. The van der Waals surface area contributed by atoms with Gasteiger partial charge in [0.15, 0.2) is 0 Å². The summed E-state index contributed by atoms with van der Waals surface area (Å²) in [6.45, 7) is 10.3. The molecule has 0 spiro atoms. The van der Waals surface area contributed by atoms with Gasteiger partial charge in [0.05, 0.1) is 12.2 Å². The summed E-state index contributed by atoms with van der Waals surface area (Å²) in [5.41, 5.74) is 1.97. The van der Waals surface area contributed by atoms with Crippen molar-refractivity contribution in [1.82, 2.24) is 19.6 Å². The number of aliphatic hydroxyl groups is 1. The van der Waals surface area contributed by atoms with Crippen LogP contribution in [0.25, 0.3) is 16.9 Å². The Kier molecular flexibility index (Phi) is 6.54. The fourth-order valence-corrected chi connectivity index (χ4v) is 3.72. The van der Waals surface area contributed by atoms with Gasteiger partial charge in [-0.1, -0.05) is 44.2 Å². The molecule has 164 valence electrons. The van der Waals surface area contributed by atoms with Crippen LogP contribution in [0.1, 0.15) is 45.2 Å². The topological polar surface area (TPSA) is 66.5 Å². The summed E-state index contributed by atoms with van der Waals surface area (Å²) in [4.78, 5) is 10.6. The van der Waals surface area contributed by atoms with Gasteiger partial charge in [0.2, 0.25) is 0 Å². The Morgan fingerprint density at radius 1 is 1.29 bits per heavy atom. The number of benzene rings is 1. The van der Waals surface area contributed by atoms with E-state index < -0.39 is 5.82 Å². The summed E-state index contributed by atoms with van der Waals surface area (Å²) in [7, 11) is 1.94. The second kappa shape index (κ2) is 8.81. The number of hydrogen-bond acceptors (Lipinski definition) is 5. The third-order valence-electron chi connectivity index (χ3n) is 5.53. The van der Waals surface area contributed by atoms with Crippen LogP contribution in [0.2, 0.25) is 5.15 Å². The number of aliphatic hydroxyl groups excluding tert-OH is 1. The molecule has 1 N–H and O–H groups in total. The van der Waals surface area contributed by atoms with Crippen LogP contribution < -0.4 is 4.90 Å². The molecule has 2 aromatic heterocycles. The molecule has 0 aliphatic heterocycles. The lowest BCUT2D eigenvalue weighted by molar-refractivity contribution is 0.305. The summed E-state index contributed by atoms with van der Waals surface area (Å²) >= 11 is 6.61. The largest absolute Gasteiger partial charge is 0.395 e. The van der Waals surface area contributed by atoms with Gasteiger partial charge in [-0.2, -0.15) is 19.6 Å². The van der Waals surface area contributed by atoms with E-state index in [0.717, 1.165) is 0 Å². The molecular weight excluding hydrogens is 417 g/mol. The molecular formula is C23H27ClFN5O. The van der Waals surface area contributed by atoms with E-state index in [2.05, 4.69) is 54.6 Å². The number of aromatic nitrogens is 4. The number of nitrogens with zero attached hydrogens (tertiary/aromatic N) is 5. The Labute approximate surface area is 187 Å². The number of rotatable bonds is 4. The Morgan fingerprint density at radius 2 is 2.00 bits per heavy atom. The van der Waals surface area contributed by atoms with Gasteiger partial charge >= 0.3 is 0 Å². The SMILES string of the molecule is Cc1cc(C#CCCO)cc(F)c1-c1c(Cl)nc2ncnn2c1N(C)[C@H](C)C(C)(C)C. The van der Waals surface area contributed by atoms with E-state index in [9.17, 15) is 0 Å². The first kappa shape index (κ1) is 23.0. The minimum Gasteiger partial charge on any atom is -0.395 e. The first-order chi connectivity index (χ1) is 14.6. The van der Waals surface area contributed by atoms with Crippen molar-refractivity contribution in [3.05, 3.63) is 40.6 Å². The Hall–Kier alpha value is -2.69. The van der Waals surface area contributed by atoms with Crippen molar-refractivity contribution >= 4 is 23.2 Å². The van der Waals surface area contributed by atoms with E-state index in [-0.39, 0.29) is 23.2 Å². The lowest BCUT2D eigenvalue weighted by atomic mass is 9.87. The van der Waals surface area contributed by atoms with Crippen molar-refractivity contribution in [2.24, 2.45) is 5.41 Å². The molecule has 1 aromatic carbocycles. The summed E-state index contributed by atoms with van der Waals surface area (Å²) in [5.74, 6) is 6.23. The molecule has 3 rings (SSSR count). The van der Waals surface area contributed by atoms with Gasteiger partial charge in [0.25, 0.3) is 5.78 Å². The standard InChI is InChI=1S/C23H27ClFN5O/c1-14-11-16(9-7-8-10-31)12-17(25)18(14)19-20(24)28-22-26-13-27-30(22)21(19)29(6)15(2)23(3,4)5/h11-13,15,31H,8,10H2,1-6H3/t15-/m1/s1. The molecule has 3 aromatic rings. The Morgan fingerprint density at radius 3 is 2.61 bits per heavy atom. The monoisotopic (exact) mass is 443 g/mol. The van der Waals surface area contributed by atoms with Crippen LogP contribution in [0.15, 0.2) is 18.5 Å². The zero-order valence-corrected chi connectivity index (χ0v) is 19.4. The number of hydrogen-bond donors (Lipinski definition) is 1. The normalized spacial score (nSPS) is 12.5. The van der Waals surface area contributed by atoms with Crippen molar-refractivity contribution in [3.63, 3.8) is 0 Å². The first-order valence-electron chi connectivity index (χ1n) is 10.1. The summed E-state index contributed by atoms with van der Waals surface area (Å²) in [5, 5.41) is 13.4. The average Bonchev–Trinajstić information content (AvgIpc) is 3.13. The minimum atomic E-state index is -0.450. The maximum Gasteiger partial charge on any atom is 0.255 e. The van der Waals surface area contributed by atoms with Gasteiger partial charge in [0.1, 0.15) is 23.1 Å². The van der Waals surface area contributed by atoms with E-state index in [0.29, 0.717) is 40.3 Å². The number of halogens is 2. The summed E-state index contributed by atoms with van der Waals surface area (Å²) in [6, 6.07) is 3.26. The van der Waals surface area contributed by atoms with Crippen molar-refractivity contribution < 1.29 is 9.50 Å². The maximum atomic E-state index is 15.4. The van der Waals surface area contributed by atoms with Gasteiger partial charge in [-0.25, -0.2) is 4.39 Å². The van der Waals surface area contributed by atoms with Gasteiger partial charge in [-0.05, 0) is 37.0 Å². The van der Waals surface area contributed by atoms with E-state index in [1.807, 2.05) is 24.9 Å². The molecule has 0 radical (unpaired) electrons. The van der Waals surface area contributed by atoms with E-state index in [4.69, 9.17) is 16.7 Å². The molecule has 8 heteroatoms. The molecule has 0 aliphatic carbocycles. The van der Waals surface area contributed by atoms with Crippen LogP contribution in [0.3, 0.4) is 0 Å². The third-order valence-corrected chi connectivity index (χ3v) is 5.81. The van der Waals surface area contributed by atoms with Crippen molar-refractivity contribution in [1.29, 1.82) is 0 Å². The van der Waals surface area contributed by atoms with E-state index >= 15 is 4.39 Å². The lowest BCUT2D eigenvalue weighted by Crippen LogP contribution is -2.40. The average molecular weight is 444 g/mol. The predicted molar refractivity (Wildman–Crippen MR) is 122 cm³/mol. The Bertz CT molecular complexity index is 1150. The highest BCUT2D eigenvalue weighted by Crippen LogP contribution is 2.41. The number of aryl methyl sites for hydroxylation is 1. The summed E-state index contributed by atoms with van der Waals surface area (Å²) < 4.78 is 17.0. The number of fused-ring (bicyclic) bond motifs is 1. The molecule has 0 saturated carbocycles. The zero-order valence-electron chi connectivity index (χ0n) is 18.7. The molecule has 0 amide bonds. The predicted octanol–water partition coefficient (Wildman–Crippen LogP) is 4.50. The fourth-order valence-electron chi connectivity index (χ4n) is 3.46. The maximum absolute atomic E-state index is 15.4. The molecule has 6 nitrogen and oxygen atoms in total. The molecule has 0 aliphatic rings. The molecule has 2 heterocycles. The molecule has 31 heavy (non-hydrogen) atoms. The van der Waals surface area contributed by atoms with Gasteiger partial charge in [-0.3, -0.25) is 0 Å². The third kappa shape index (κ3) is 4.51. The molecule has 0 fully saturated rings.